The Hall–Kier alpha value is -1.47. The predicted molar refractivity (Wildman–Crippen MR) is 54.7 cm³/mol. The van der Waals surface area contributed by atoms with Gasteiger partial charge in [0.15, 0.2) is 0 Å². The molecule has 0 aliphatic rings. The average Bonchev–Trinajstić information content (AvgIpc) is 2.19. The van der Waals surface area contributed by atoms with Gasteiger partial charge >= 0.3 is 5.97 Å². The molecular formula is C10H7BrO3. The number of carbonyl (C=O) groups excluding carboxylic acids is 1. The number of aromatic hydroxyl groups is 1. The number of hydrogen-bond donors (Lipinski definition) is 1. The number of carbonyl (C=O) groups is 1. The van der Waals surface area contributed by atoms with Gasteiger partial charge in [0.25, 0.3) is 0 Å². The van der Waals surface area contributed by atoms with Crippen LogP contribution in [-0.4, -0.2) is 18.2 Å². The van der Waals surface area contributed by atoms with Gasteiger partial charge in [-0.2, -0.15) is 0 Å². The number of hydrogen-bond acceptors (Lipinski definition) is 3. The van der Waals surface area contributed by atoms with Crippen molar-refractivity contribution >= 4 is 21.9 Å². The number of methoxy groups -OCH3 is 1. The lowest BCUT2D eigenvalue weighted by Gasteiger charge is -1.96. The van der Waals surface area contributed by atoms with Crippen molar-refractivity contribution in [2.24, 2.45) is 0 Å². The number of phenols is 1. The van der Waals surface area contributed by atoms with E-state index >= 15 is 0 Å². The minimum atomic E-state index is -0.635. The van der Waals surface area contributed by atoms with Crippen LogP contribution in [0.2, 0.25) is 0 Å². The molecule has 1 rings (SSSR count). The molecule has 3 nitrogen and oxygen atoms in total. The summed E-state index contributed by atoms with van der Waals surface area (Å²) >= 11 is 3.23. The second-order valence-electron chi connectivity index (χ2n) is 2.40. The van der Waals surface area contributed by atoms with Gasteiger partial charge in [-0.15, -0.1) is 0 Å². The van der Waals surface area contributed by atoms with E-state index in [2.05, 4.69) is 32.5 Å². The smallest absolute Gasteiger partial charge is 0.384 e. The molecule has 0 heterocycles. The molecule has 0 aromatic heterocycles. The van der Waals surface area contributed by atoms with E-state index in [9.17, 15) is 9.90 Å². The predicted octanol–water partition coefficient (Wildman–Crippen LogP) is 1.68. The SMILES string of the molecule is COC(=O)C#Cc1cc(Br)ccc1O. The summed E-state index contributed by atoms with van der Waals surface area (Å²) < 4.78 is 5.12. The summed E-state index contributed by atoms with van der Waals surface area (Å²) in [7, 11) is 1.25. The number of rotatable bonds is 0. The van der Waals surface area contributed by atoms with Crippen molar-refractivity contribution in [2.45, 2.75) is 0 Å². The van der Waals surface area contributed by atoms with Crippen molar-refractivity contribution in [3.63, 3.8) is 0 Å². The van der Waals surface area contributed by atoms with Gasteiger partial charge in [0.2, 0.25) is 0 Å². The maximum absolute atomic E-state index is 10.7. The van der Waals surface area contributed by atoms with Gasteiger partial charge in [0, 0.05) is 10.4 Å². The molecule has 4 heteroatoms. The van der Waals surface area contributed by atoms with Crippen LogP contribution < -0.4 is 0 Å². The largest absolute Gasteiger partial charge is 0.507 e. The summed E-state index contributed by atoms with van der Waals surface area (Å²) in [6, 6.07) is 4.79. The molecule has 0 saturated carbocycles. The van der Waals surface area contributed by atoms with Gasteiger partial charge in [-0.05, 0) is 18.2 Å². The number of halogens is 1. The first-order chi connectivity index (χ1) is 6.63. The van der Waals surface area contributed by atoms with E-state index in [1.807, 2.05) is 0 Å². The van der Waals surface area contributed by atoms with Gasteiger partial charge in [-0.25, -0.2) is 4.79 Å². The van der Waals surface area contributed by atoms with Crippen LogP contribution in [0.3, 0.4) is 0 Å². The van der Waals surface area contributed by atoms with Crippen molar-refractivity contribution < 1.29 is 14.6 Å². The zero-order chi connectivity index (χ0) is 10.6. The first kappa shape index (κ1) is 10.6. The Kier molecular flexibility index (Phi) is 3.55. The highest BCUT2D eigenvalue weighted by molar-refractivity contribution is 9.10. The lowest BCUT2D eigenvalue weighted by Crippen LogP contribution is -1.94. The topological polar surface area (TPSA) is 46.5 Å². The molecule has 0 aliphatic heterocycles. The van der Waals surface area contributed by atoms with E-state index in [-0.39, 0.29) is 5.75 Å². The summed E-state index contributed by atoms with van der Waals surface area (Å²) in [5.41, 5.74) is 0.379. The molecule has 1 N–H and O–H groups in total. The van der Waals surface area contributed by atoms with E-state index in [0.717, 1.165) is 4.47 Å². The van der Waals surface area contributed by atoms with E-state index in [1.165, 1.54) is 13.2 Å². The van der Waals surface area contributed by atoms with Crippen LogP contribution in [0.25, 0.3) is 0 Å². The van der Waals surface area contributed by atoms with Crippen molar-refractivity contribution in [2.75, 3.05) is 7.11 Å². The third kappa shape index (κ3) is 2.79. The molecule has 0 fully saturated rings. The first-order valence-corrected chi connectivity index (χ1v) is 4.51. The zero-order valence-electron chi connectivity index (χ0n) is 7.37. The molecule has 0 atom stereocenters. The van der Waals surface area contributed by atoms with E-state index < -0.39 is 5.97 Å². The summed E-state index contributed by atoms with van der Waals surface area (Å²) in [4.78, 5) is 10.7. The summed E-state index contributed by atoms with van der Waals surface area (Å²) in [5, 5.41) is 9.35. The van der Waals surface area contributed by atoms with Gasteiger partial charge in [0.1, 0.15) is 5.75 Å². The third-order valence-electron chi connectivity index (χ3n) is 1.44. The van der Waals surface area contributed by atoms with Crippen LogP contribution in [0.15, 0.2) is 22.7 Å². The van der Waals surface area contributed by atoms with Crippen LogP contribution in [0.4, 0.5) is 0 Å². The van der Waals surface area contributed by atoms with Gasteiger partial charge in [-0.1, -0.05) is 21.9 Å². The molecule has 0 saturated heterocycles. The van der Waals surface area contributed by atoms with E-state index in [1.54, 1.807) is 12.1 Å². The lowest BCUT2D eigenvalue weighted by molar-refractivity contribution is -0.133. The highest BCUT2D eigenvalue weighted by Gasteiger charge is 1.98. The highest BCUT2D eigenvalue weighted by atomic mass is 79.9. The Morgan fingerprint density at radius 3 is 2.93 bits per heavy atom. The Morgan fingerprint density at radius 1 is 1.57 bits per heavy atom. The minimum Gasteiger partial charge on any atom is -0.507 e. The third-order valence-corrected chi connectivity index (χ3v) is 1.94. The Labute approximate surface area is 89.8 Å². The second-order valence-corrected chi connectivity index (χ2v) is 3.32. The first-order valence-electron chi connectivity index (χ1n) is 3.72. The van der Waals surface area contributed by atoms with Crippen molar-refractivity contribution in [1.29, 1.82) is 0 Å². The van der Waals surface area contributed by atoms with Crippen LogP contribution in [0, 0.1) is 11.8 Å². The number of esters is 1. The number of ether oxygens (including phenoxy) is 1. The fourth-order valence-electron chi connectivity index (χ4n) is 0.778. The fourth-order valence-corrected chi connectivity index (χ4v) is 1.14. The van der Waals surface area contributed by atoms with Crippen LogP contribution in [0.5, 0.6) is 5.75 Å². The van der Waals surface area contributed by atoms with E-state index in [0.29, 0.717) is 5.56 Å². The van der Waals surface area contributed by atoms with E-state index in [4.69, 9.17) is 0 Å². The van der Waals surface area contributed by atoms with Crippen molar-refractivity contribution in [1.82, 2.24) is 0 Å². The van der Waals surface area contributed by atoms with Gasteiger partial charge in [-0.3, -0.25) is 0 Å². The Bertz CT molecular complexity index is 415. The van der Waals surface area contributed by atoms with Crippen molar-refractivity contribution in [3.05, 3.63) is 28.2 Å². The van der Waals surface area contributed by atoms with Crippen LogP contribution >= 0.6 is 15.9 Å². The average molecular weight is 255 g/mol. The molecule has 0 spiro atoms. The standard InChI is InChI=1S/C10H7BrO3/c1-14-10(13)5-2-7-6-8(11)3-4-9(7)12/h3-4,6,12H,1H3. The molecule has 14 heavy (non-hydrogen) atoms. The molecule has 0 radical (unpaired) electrons. The summed E-state index contributed by atoms with van der Waals surface area (Å²) in [5.74, 6) is 4.12. The maximum atomic E-state index is 10.7. The molecule has 1 aromatic carbocycles. The molecule has 0 unspecified atom stereocenters. The second kappa shape index (κ2) is 4.68. The number of benzene rings is 1. The quantitative estimate of drug-likeness (QED) is 0.566. The van der Waals surface area contributed by atoms with Gasteiger partial charge in [0.05, 0.1) is 12.7 Å². The molecular weight excluding hydrogens is 248 g/mol. The molecule has 0 amide bonds. The number of phenolic OH excluding ortho intramolecular Hbond substituents is 1. The summed E-state index contributed by atoms with van der Waals surface area (Å²) in [6.45, 7) is 0. The lowest BCUT2D eigenvalue weighted by atomic mass is 10.2. The van der Waals surface area contributed by atoms with Crippen molar-refractivity contribution in [3.8, 4) is 17.6 Å². The molecule has 0 bridgehead atoms. The normalized spacial score (nSPS) is 8.71. The highest BCUT2D eigenvalue weighted by Crippen LogP contribution is 2.20. The monoisotopic (exact) mass is 254 g/mol. The molecule has 72 valence electrons. The Balaban J connectivity index is 3.00. The molecule has 0 aliphatic carbocycles. The fraction of sp³-hybridized carbons (Fsp3) is 0.100. The maximum Gasteiger partial charge on any atom is 0.384 e. The molecule has 1 aromatic rings. The van der Waals surface area contributed by atoms with Gasteiger partial charge < -0.3 is 9.84 Å². The zero-order valence-corrected chi connectivity index (χ0v) is 8.96. The van der Waals surface area contributed by atoms with Crippen LogP contribution in [0.1, 0.15) is 5.56 Å². The minimum absolute atomic E-state index is 0.0320. The Morgan fingerprint density at radius 2 is 2.29 bits per heavy atom. The van der Waals surface area contributed by atoms with Crippen LogP contribution in [-0.2, 0) is 9.53 Å². The summed E-state index contributed by atoms with van der Waals surface area (Å²) in [6.07, 6.45) is 0.